The molecule has 0 spiro atoms. The molecule has 0 saturated carbocycles. The van der Waals surface area contributed by atoms with E-state index >= 15 is 0 Å². The van der Waals surface area contributed by atoms with Crippen molar-refractivity contribution in [1.82, 2.24) is 9.97 Å². The average molecular weight is 227 g/mol. The fourth-order valence-corrected chi connectivity index (χ4v) is 0.935. The van der Waals surface area contributed by atoms with E-state index < -0.39 is 6.09 Å². The van der Waals surface area contributed by atoms with Crippen LogP contribution in [0.2, 0.25) is 0 Å². The fraction of sp³-hybridized carbons (Fsp3) is 0.444. The van der Waals surface area contributed by atoms with Gasteiger partial charge in [0.15, 0.2) is 0 Å². The lowest BCUT2D eigenvalue weighted by Crippen LogP contribution is -2.14. The van der Waals surface area contributed by atoms with Crippen LogP contribution in [0.4, 0.5) is 10.6 Å². The van der Waals surface area contributed by atoms with Gasteiger partial charge in [-0.25, -0.2) is 4.79 Å². The highest BCUT2D eigenvalue weighted by atomic mass is 16.5. The molecule has 0 fully saturated rings. The van der Waals surface area contributed by atoms with E-state index in [1.165, 1.54) is 20.3 Å². The summed E-state index contributed by atoms with van der Waals surface area (Å²) in [4.78, 5) is 18.9. The molecule has 0 bridgehead atoms. The molecule has 1 N–H and O–H groups in total. The van der Waals surface area contributed by atoms with Crippen LogP contribution in [0, 0.1) is 0 Å². The van der Waals surface area contributed by atoms with Crippen LogP contribution in [0.3, 0.4) is 0 Å². The molecule has 88 valence electrons. The van der Waals surface area contributed by atoms with Crippen molar-refractivity contribution >= 4 is 11.9 Å². The predicted molar refractivity (Wildman–Crippen MR) is 55.8 cm³/mol. The van der Waals surface area contributed by atoms with Crippen LogP contribution in [-0.2, 0) is 4.74 Å². The SMILES string of the molecule is CCOC(=O)Nc1cc(OC)nc(OC)n1. The Morgan fingerprint density at radius 2 is 2.12 bits per heavy atom. The Balaban J connectivity index is 2.82. The van der Waals surface area contributed by atoms with Crippen molar-refractivity contribution in [2.45, 2.75) is 6.92 Å². The Kier molecular flexibility index (Phi) is 4.31. The highest BCUT2D eigenvalue weighted by Crippen LogP contribution is 2.16. The highest BCUT2D eigenvalue weighted by molar-refractivity contribution is 5.83. The summed E-state index contributed by atoms with van der Waals surface area (Å²) in [6.07, 6.45) is -0.592. The highest BCUT2D eigenvalue weighted by Gasteiger charge is 2.08. The number of rotatable bonds is 4. The molecule has 16 heavy (non-hydrogen) atoms. The molecule has 0 radical (unpaired) electrons. The van der Waals surface area contributed by atoms with Gasteiger partial charge < -0.3 is 14.2 Å². The number of nitrogens with zero attached hydrogens (tertiary/aromatic N) is 2. The van der Waals surface area contributed by atoms with Crippen LogP contribution >= 0.6 is 0 Å². The number of carbonyl (C=O) groups is 1. The van der Waals surface area contributed by atoms with E-state index in [0.29, 0.717) is 5.88 Å². The van der Waals surface area contributed by atoms with Crippen molar-refractivity contribution < 1.29 is 19.0 Å². The molecule has 1 aromatic rings. The number of aromatic nitrogens is 2. The Labute approximate surface area is 92.7 Å². The topological polar surface area (TPSA) is 82.6 Å². The second-order valence-electron chi connectivity index (χ2n) is 2.63. The number of ether oxygens (including phenoxy) is 3. The quantitative estimate of drug-likeness (QED) is 0.828. The first kappa shape index (κ1) is 12.0. The summed E-state index contributed by atoms with van der Waals surface area (Å²) in [5.74, 6) is 0.542. The maximum absolute atomic E-state index is 11.1. The molecule has 1 heterocycles. The van der Waals surface area contributed by atoms with Crippen molar-refractivity contribution in [3.05, 3.63) is 6.07 Å². The Morgan fingerprint density at radius 3 is 2.69 bits per heavy atom. The van der Waals surface area contributed by atoms with E-state index in [1.807, 2.05) is 0 Å². The summed E-state index contributed by atoms with van der Waals surface area (Å²) < 4.78 is 14.5. The maximum Gasteiger partial charge on any atom is 0.412 e. The van der Waals surface area contributed by atoms with E-state index in [0.717, 1.165) is 0 Å². The first-order chi connectivity index (χ1) is 7.69. The first-order valence-electron chi connectivity index (χ1n) is 4.60. The maximum atomic E-state index is 11.1. The first-order valence-corrected chi connectivity index (χ1v) is 4.60. The van der Waals surface area contributed by atoms with Gasteiger partial charge in [0, 0.05) is 6.07 Å². The van der Waals surface area contributed by atoms with Crippen molar-refractivity contribution in [3.8, 4) is 11.9 Å². The number of carbonyl (C=O) groups excluding carboxylic acids is 1. The third-order valence-electron chi connectivity index (χ3n) is 1.58. The zero-order chi connectivity index (χ0) is 12.0. The molecule has 0 aliphatic carbocycles. The second kappa shape index (κ2) is 5.74. The second-order valence-corrected chi connectivity index (χ2v) is 2.63. The van der Waals surface area contributed by atoms with E-state index in [2.05, 4.69) is 15.3 Å². The molecule has 0 aromatic carbocycles. The van der Waals surface area contributed by atoms with Gasteiger partial charge in [-0.15, -0.1) is 0 Å². The zero-order valence-corrected chi connectivity index (χ0v) is 9.31. The van der Waals surface area contributed by atoms with Crippen LogP contribution in [0.25, 0.3) is 0 Å². The minimum Gasteiger partial charge on any atom is -0.481 e. The Hall–Kier alpha value is -2.05. The predicted octanol–water partition coefficient (Wildman–Crippen LogP) is 1.06. The Bertz CT molecular complexity index is 348. The standard InChI is InChI=1S/C9H13N3O4/c1-4-16-9(13)11-6-5-7(14-2)12-8(10-6)15-3/h5H,4H2,1-3H3,(H,10,11,12,13). The largest absolute Gasteiger partial charge is 0.481 e. The lowest BCUT2D eigenvalue weighted by atomic mass is 10.5. The van der Waals surface area contributed by atoms with Gasteiger partial charge in [-0.3, -0.25) is 5.32 Å². The smallest absolute Gasteiger partial charge is 0.412 e. The summed E-state index contributed by atoms with van der Waals surface area (Å²) in [7, 11) is 2.87. The van der Waals surface area contributed by atoms with Gasteiger partial charge in [-0.2, -0.15) is 9.97 Å². The van der Waals surface area contributed by atoms with E-state index in [9.17, 15) is 4.79 Å². The van der Waals surface area contributed by atoms with Crippen molar-refractivity contribution in [1.29, 1.82) is 0 Å². The third kappa shape index (κ3) is 3.26. The third-order valence-corrected chi connectivity index (χ3v) is 1.58. The van der Waals surface area contributed by atoms with Gasteiger partial charge >= 0.3 is 12.1 Å². The summed E-state index contributed by atoms with van der Waals surface area (Å²) in [6, 6.07) is 1.56. The van der Waals surface area contributed by atoms with Gasteiger partial charge in [0.05, 0.1) is 20.8 Å². The average Bonchev–Trinajstić information content (AvgIpc) is 2.28. The fourth-order valence-electron chi connectivity index (χ4n) is 0.935. The number of anilines is 1. The number of hydrogen-bond donors (Lipinski definition) is 1. The molecule has 0 atom stereocenters. The molecule has 7 heteroatoms. The van der Waals surface area contributed by atoms with Crippen LogP contribution in [0.1, 0.15) is 6.92 Å². The molecule has 1 amide bonds. The van der Waals surface area contributed by atoms with Gasteiger partial charge in [-0.1, -0.05) is 0 Å². The van der Waals surface area contributed by atoms with Gasteiger partial charge in [0.1, 0.15) is 5.82 Å². The Morgan fingerprint density at radius 1 is 1.38 bits per heavy atom. The number of hydrogen-bond acceptors (Lipinski definition) is 6. The van der Waals surface area contributed by atoms with Crippen molar-refractivity contribution in [3.63, 3.8) is 0 Å². The lowest BCUT2D eigenvalue weighted by molar-refractivity contribution is 0.168. The number of nitrogens with one attached hydrogen (secondary N) is 1. The van der Waals surface area contributed by atoms with Crippen molar-refractivity contribution in [2.75, 3.05) is 26.1 Å². The molecule has 0 unspecified atom stereocenters. The zero-order valence-electron chi connectivity index (χ0n) is 9.31. The summed E-state index contributed by atoms with van der Waals surface area (Å²) in [5, 5.41) is 2.42. The van der Waals surface area contributed by atoms with Crippen LogP contribution in [0.15, 0.2) is 6.07 Å². The number of methoxy groups -OCH3 is 2. The normalized spacial score (nSPS) is 9.44. The lowest BCUT2D eigenvalue weighted by Gasteiger charge is -2.07. The van der Waals surface area contributed by atoms with Crippen LogP contribution in [-0.4, -0.2) is 36.9 Å². The molecule has 1 aromatic heterocycles. The molecule has 7 nitrogen and oxygen atoms in total. The minimum atomic E-state index is -0.592. The molecule has 0 aliphatic rings. The molecule has 1 rings (SSSR count). The monoisotopic (exact) mass is 227 g/mol. The van der Waals surface area contributed by atoms with Gasteiger partial charge in [0.25, 0.3) is 0 Å². The van der Waals surface area contributed by atoms with Crippen molar-refractivity contribution in [2.24, 2.45) is 0 Å². The van der Waals surface area contributed by atoms with E-state index in [-0.39, 0.29) is 18.4 Å². The van der Waals surface area contributed by atoms with Gasteiger partial charge in [-0.05, 0) is 6.92 Å². The summed E-state index contributed by atoms with van der Waals surface area (Å²) >= 11 is 0. The molecule has 0 saturated heterocycles. The number of amides is 1. The van der Waals surface area contributed by atoms with Gasteiger partial charge in [0.2, 0.25) is 5.88 Å². The molecule has 0 aliphatic heterocycles. The molecular weight excluding hydrogens is 214 g/mol. The van der Waals surface area contributed by atoms with E-state index in [4.69, 9.17) is 14.2 Å². The van der Waals surface area contributed by atoms with Crippen LogP contribution in [0.5, 0.6) is 11.9 Å². The summed E-state index contributed by atoms with van der Waals surface area (Å²) in [5.41, 5.74) is 0. The minimum absolute atomic E-state index is 0.103. The van der Waals surface area contributed by atoms with Crippen LogP contribution < -0.4 is 14.8 Å². The summed E-state index contributed by atoms with van der Waals surface area (Å²) in [6.45, 7) is 1.99. The molecular formula is C9H13N3O4. The van der Waals surface area contributed by atoms with E-state index in [1.54, 1.807) is 6.92 Å².